The van der Waals surface area contributed by atoms with Gasteiger partial charge in [0.1, 0.15) is 5.52 Å². The third-order valence-corrected chi connectivity index (χ3v) is 6.40. The van der Waals surface area contributed by atoms with E-state index in [-0.39, 0.29) is 24.1 Å². The van der Waals surface area contributed by atoms with Crippen molar-refractivity contribution in [2.45, 2.75) is 44.9 Å². The second-order valence-corrected chi connectivity index (χ2v) is 8.79. The summed E-state index contributed by atoms with van der Waals surface area (Å²) in [6.45, 7) is 2.13. The predicted molar refractivity (Wildman–Crippen MR) is 124 cm³/mol. The van der Waals surface area contributed by atoms with Crippen molar-refractivity contribution in [1.82, 2.24) is 29.5 Å². The molecule has 1 atom stereocenters. The number of hydrogen-bond acceptors (Lipinski definition) is 7. The van der Waals surface area contributed by atoms with E-state index >= 15 is 0 Å². The van der Waals surface area contributed by atoms with Gasteiger partial charge in [0.2, 0.25) is 5.82 Å². The molecular formula is C24H22F3N7O2. The molecule has 0 radical (unpaired) electrons. The Morgan fingerprint density at radius 3 is 2.42 bits per heavy atom. The Morgan fingerprint density at radius 2 is 1.83 bits per heavy atom. The maximum absolute atomic E-state index is 13.1. The number of rotatable bonds is 7. The first kappa shape index (κ1) is 23.6. The fourth-order valence-electron chi connectivity index (χ4n) is 4.23. The minimum absolute atomic E-state index is 0.0179. The molecule has 4 aromatic rings. The summed E-state index contributed by atoms with van der Waals surface area (Å²) in [4.78, 5) is 33.2. The Labute approximate surface area is 203 Å². The lowest BCUT2D eigenvalue weighted by Crippen LogP contribution is -2.31. The third-order valence-electron chi connectivity index (χ3n) is 6.40. The van der Waals surface area contributed by atoms with Gasteiger partial charge in [-0.1, -0.05) is 18.6 Å². The zero-order valence-electron chi connectivity index (χ0n) is 19.2. The van der Waals surface area contributed by atoms with Gasteiger partial charge in [-0.2, -0.15) is 13.2 Å². The molecule has 3 aromatic heterocycles. The molecule has 0 saturated heterocycles. The first-order chi connectivity index (χ1) is 17.2. The molecule has 0 amide bonds. The molecule has 0 bridgehead atoms. The number of carbonyl (C=O) groups is 1. The van der Waals surface area contributed by atoms with Gasteiger partial charge in [0, 0.05) is 25.0 Å². The fourth-order valence-corrected chi connectivity index (χ4v) is 4.23. The molecule has 0 aliphatic heterocycles. The van der Waals surface area contributed by atoms with Crippen molar-refractivity contribution in [2.75, 3.05) is 5.32 Å². The van der Waals surface area contributed by atoms with Crippen LogP contribution in [0.4, 0.5) is 19.0 Å². The lowest BCUT2D eigenvalue weighted by molar-refractivity contribution is -0.137. The van der Waals surface area contributed by atoms with Crippen LogP contribution in [0.5, 0.6) is 0 Å². The van der Waals surface area contributed by atoms with Gasteiger partial charge in [0.25, 0.3) is 0 Å². The maximum Gasteiger partial charge on any atom is 0.416 e. The van der Waals surface area contributed by atoms with Crippen LogP contribution >= 0.6 is 0 Å². The molecule has 3 heterocycles. The number of nitrogens with zero attached hydrogens (tertiary/aromatic N) is 6. The number of nitrogens with one attached hydrogen (secondary N) is 1. The zero-order valence-corrected chi connectivity index (χ0v) is 19.2. The van der Waals surface area contributed by atoms with E-state index in [9.17, 15) is 23.1 Å². The second kappa shape index (κ2) is 9.17. The molecule has 186 valence electrons. The lowest BCUT2D eigenvalue weighted by atomic mass is 9.80. The van der Waals surface area contributed by atoms with Crippen LogP contribution in [0.3, 0.4) is 0 Å². The highest BCUT2D eigenvalue weighted by Gasteiger charge is 2.30. The molecule has 1 aliphatic rings. The molecule has 0 spiro atoms. The maximum atomic E-state index is 13.1. The molecule has 1 fully saturated rings. The van der Waals surface area contributed by atoms with E-state index in [4.69, 9.17) is 0 Å². The Hall–Kier alpha value is -4.09. The zero-order chi connectivity index (χ0) is 25.4. The molecule has 1 aliphatic carbocycles. The van der Waals surface area contributed by atoms with Gasteiger partial charge in [-0.25, -0.2) is 29.7 Å². The summed E-state index contributed by atoms with van der Waals surface area (Å²) in [6, 6.07) is 6.47. The number of carboxylic acids is 1. The van der Waals surface area contributed by atoms with E-state index in [0.29, 0.717) is 28.6 Å². The molecule has 36 heavy (non-hydrogen) atoms. The SMILES string of the molecule is C[C@@H](Nc1nc(C(=O)O)nc2nc(-c3ncccn3)n(Cc3ccc(C(F)(F)F)cc3)c12)C1CCC1. The number of benzene rings is 1. The van der Waals surface area contributed by atoms with Gasteiger partial charge in [0.15, 0.2) is 23.1 Å². The summed E-state index contributed by atoms with van der Waals surface area (Å²) in [6.07, 6.45) is 1.88. The highest BCUT2D eigenvalue weighted by atomic mass is 19.4. The van der Waals surface area contributed by atoms with Crippen LogP contribution in [0, 0.1) is 5.92 Å². The Morgan fingerprint density at radius 1 is 1.14 bits per heavy atom. The normalized spacial score (nSPS) is 15.0. The van der Waals surface area contributed by atoms with Gasteiger partial charge in [0.05, 0.1) is 5.56 Å². The number of alkyl halides is 3. The molecule has 12 heteroatoms. The van der Waals surface area contributed by atoms with Crippen molar-refractivity contribution in [2.24, 2.45) is 5.92 Å². The molecule has 1 aromatic carbocycles. The number of aromatic carboxylic acids is 1. The molecule has 1 saturated carbocycles. The summed E-state index contributed by atoms with van der Waals surface area (Å²) in [7, 11) is 0. The predicted octanol–water partition coefficient (Wildman–Crippen LogP) is 4.65. The van der Waals surface area contributed by atoms with Crippen LogP contribution in [-0.4, -0.2) is 46.6 Å². The number of carboxylic acid groups (broad SMARTS) is 1. The quantitative estimate of drug-likeness (QED) is 0.379. The van der Waals surface area contributed by atoms with Crippen LogP contribution in [-0.2, 0) is 12.7 Å². The van der Waals surface area contributed by atoms with Crippen LogP contribution < -0.4 is 5.32 Å². The topological polar surface area (TPSA) is 119 Å². The fraction of sp³-hybridized carbons (Fsp3) is 0.333. The van der Waals surface area contributed by atoms with Crippen molar-refractivity contribution in [3.05, 3.63) is 59.7 Å². The van der Waals surface area contributed by atoms with Crippen LogP contribution in [0.25, 0.3) is 22.8 Å². The van der Waals surface area contributed by atoms with Crippen LogP contribution in [0.2, 0.25) is 0 Å². The monoisotopic (exact) mass is 497 g/mol. The second-order valence-electron chi connectivity index (χ2n) is 8.79. The molecular weight excluding hydrogens is 475 g/mol. The van der Waals surface area contributed by atoms with Gasteiger partial charge < -0.3 is 15.0 Å². The number of aromatic nitrogens is 6. The summed E-state index contributed by atoms with van der Waals surface area (Å²) in [5, 5.41) is 12.9. The largest absolute Gasteiger partial charge is 0.475 e. The van der Waals surface area contributed by atoms with Gasteiger partial charge in [-0.05, 0) is 49.4 Å². The van der Waals surface area contributed by atoms with Crippen molar-refractivity contribution < 1.29 is 23.1 Å². The highest BCUT2D eigenvalue weighted by Crippen LogP contribution is 2.34. The standard InChI is InChI=1S/C24H22F3N7O2/c1-13(15-4-2-5-15)30-18-17-19(32-21(31-18)23(35)36)33-22(20-28-10-3-11-29-20)34(17)12-14-6-8-16(9-7-14)24(25,26)27/h3,6-11,13,15H,2,4-5,12H2,1H3,(H,35,36)(H,30,31,32)/t13-/m1/s1. The van der Waals surface area contributed by atoms with Gasteiger partial charge >= 0.3 is 12.1 Å². The highest BCUT2D eigenvalue weighted by molar-refractivity contribution is 5.92. The molecule has 2 N–H and O–H groups in total. The number of hydrogen-bond donors (Lipinski definition) is 2. The summed E-state index contributed by atoms with van der Waals surface area (Å²) in [5.74, 6) is -0.444. The summed E-state index contributed by atoms with van der Waals surface area (Å²) < 4.78 is 40.9. The van der Waals surface area contributed by atoms with E-state index in [1.54, 1.807) is 10.6 Å². The van der Waals surface area contributed by atoms with Crippen molar-refractivity contribution in [3.63, 3.8) is 0 Å². The summed E-state index contributed by atoms with van der Waals surface area (Å²) in [5.41, 5.74) is 0.368. The first-order valence-electron chi connectivity index (χ1n) is 11.4. The van der Waals surface area contributed by atoms with Crippen molar-refractivity contribution in [3.8, 4) is 11.6 Å². The molecule has 0 unspecified atom stereocenters. The third kappa shape index (κ3) is 4.58. The van der Waals surface area contributed by atoms with Crippen LogP contribution in [0.1, 0.15) is 47.9 Å². The first-order valence-corrected chi connectivity index (χ1v) is 11.4. The molecule has 5 rings (SSSR count). The van der Waals surface area contributed by atoms with E-state index < -0.39 is 23.5 Å². The lowest BCUT2D eigenvalue weighted by Gasteiger charge is -2.32. The average molecular weight is 497 g/mol. The van der Waals surface area contributed by atoms with Crippen molar-refractivity contribution in [1.29, 1.82) is 0 Å². The van der Waals surface area contributed by atoms with Gasteiger partial charge in [-0.15, -0.1) is 0 Å². The Bertz CT molecular complexity index is 1400. The van der Waals surface area contributed by atoms with E-state index in [2.05, 4.69) is 30.2 Å². The number of imidazole rings is 1. The average Bonchev–Trinajstić information content (AvgIpc) is 3.16. The minimum atomic E-state index is -4.45. The Kier molecular flexibility index (Phi) is 6.02. The summed E-state index contributed by atoms with van der Waals surface area (Å²) >= 11 is 0. The number of fused-ring (bicyclic) bond motifs is 1. The van der Waals surface area contributed by atoms with E-state index in [1.165, 1.54) is 24.5 Å². The van der Waals surface area contributed by atoms with Gasteiger partial charge in [-0.3, -0.25) is 0 Å². The number of anilines is 1. The minimum Gasteiger partial charge on any atom is -0.475 e. The van der Waals surface area contributed by atoms with Crippen LogP contribution in [0.15, 0.2) is 42.7 Å². The van der Waals surface area contributed by atoms with E-state index in [1.807, 2.05) is 6.92 Å². The molecule has 9 nitrogen and oxygen atoms in total. The number of halogens is 3. The Balaban J connectivity index is 1.66. The smallest absolute Gasteiger partial charge is 0.416 e. The van der Waals surface area contributed by atoms with Crippen molar-refractivity contribution >= 4 is 23.0 Å². The van der Waals surface area contributed by atoms with E-state index in [0.717, 1.165) is 31.4 Å².